The molecule has 1 heterocycles. The summed E-state index contributed by atoms with van der Waals surface area (Å²) in [5.74, 6) is -5.06. The van der Waals surface area contributed by atoms with Gasteiger partial charge in [-0.1, -0.05) is 0 Å². The maximum Gasteiger partial charge on any atom is 0.257 e. The second-order valence-electron chi connectivity index (χ2n) is 4.88. The molecule has 0 bridgehead atoms. The van der Waals surface area contributed by atoms with Crippen molar-refractivity contribution in [3.63, 3.8) is 0 Å². The molecule has 1 aliphatic rings. The Morgan fingerprint density at radius 1 is 1.25 bits per heavy atom. The molecule has 1 aromatic rings. The van der Waals surface area contributed by atoms with Crippen molar-refractivity contribution < 1.29 is 23.1 Å². The van der Waals surface area contributed by atoms with Crippen molar-refractivity contribution in [3.8, 4) is 0 Å². The molecule has 0 spiro atoms. The Morgan fingerprint density at radius 2 is 2.00 bits per heavy atom. The molecule has 1 aromatic carbocycles. The fourth-order valence-electron chi connectivity index (χ4n) is 2.56. The molecular weight excluding hydrogens is 271 g/mol. The average molecular weight is 287 g/mol. The molecule has 110 valence electrons. The third-order valence-corrected chi connectivity index (χ3v) is 3.62. The average Bonchev–Trinajstić information content (AvgIpc) is 2.45. The van der Waals surface area contributed by atoms with Gasteiger partial charge in [0.2, 0.25) is 0 Å². The van der Waals surface area contributed by atoms with Crippen LogP contribution in [0.3, 0.4) is 0 Å². The molecule has 1 N–H and O–H groups in total. The molecular formula is C14H16F3NO2. The van der Waals surface area contributed by atoms with Crippen molar-refractivity contribution in [2.24, 2.45) is 0 Å². The number of nitrogens with zero attached hydrogens (tertiary/aromatic N) is 1. The zero-order chi connectivity index (χ0) is 14.7. The van der Waals surface area contributed by atoms with Gasteiger partial charge in [-0.15, -0.1) is 0 Å². The standard InChI is InChI=1S/C14H16F3NO2/c15-11-5-4-10(12(16)13(11)17)14(20)18-7-2-1-3-9(18)6-8-19/h4-5,9,19H,1-3,6-8H2. The number of likely N-dealkylation sites (tertiary alicyclic amines) is 1. The number of benzene rings is 1. The van der Waals surface area contributed by atoms with Gasteiger partial charge >= 0.3 is 0 Å². The quantitative estimate of drug-likeness (QED) is 0.868. The summed E-state index contributed by atoms with van der Waals surface area (Å²) in [5.41, 5.74) is -0.464. The van der Waals surface area contributed by atoms with Crippen LogP contribution in [0.25, 0.3) is 0 Å². The van der Waals surface area contributed by atoms with E-state index in [4.69, 9.17) is 5.11 Å². The number of carbonyl (C=O) groups is 1. The largest absolute Gasteiger partial charge is 0.396 e. The Labute approximate surface area is 115 Å². The van der Waals surface area contributed by atoms with Gasteiger partial charge in [0.1, 0.15) is 0 Å². The first kappa shape index (κ1) is 14.8. The van der Waals surface area contributed by atoms with Crippen LogP contribution in [-0.2, 0) is 0 Å². The number of hydrogen-bond acceptors (Lipinski definition) is 2. The highest BCUT2D eigenvalue weighted by Gasteiger charge is 2.29. The molecule has 1 fully saturated rings. The van der Waals surface area contributed by atoms with Crippen LogP contribution in [-0.4, -0.2) is 35.1 Å². The zero-order valence-corrected chi connectivity index (χ0v) is 10.9. The van der Waals surface area contributed by atoms with Gasteiger partial charge in [-0.3, -0.25) is 4.79 Å². The molecule has 3 nitrogen and oxygen atoms in total. The third kappa shape index (κ3) is 2.80. The van der Waals surface area contributed by atoms with Crippen LogP contribution in [0, 0.1) is 17.5 Å². The van der Waals surface area contributed by atoms with Crippen molar-refractivity contribution in [2.45, 2.75) is 31.7 Å². The number of rotatable bonds is 3. The summed E-state index contributed by atoms with van der Waals surface area (Å²) in [6, 6.07) is 1.52. The first-order chi connectivity index (χ1) is 9.56. The third-order valence-electron chi connectivity index (χ3n) is 3.62. The predicted octanol–water partition coefficient (Wildman–Crippen LogP) is 2.48. The van der Waals surface area contributed by atoms with Gasteiger partial charge in [0.25, 0.3) is 5.91 Å². The summed E-state index contributed by atoms with van der Waals surface area (Å²) < 4.78 is 39.8. The maximum absolute atomic E-state index is 13.7. The summed E-state index contributed by atoms with van der Waals surface area (Å²) in [6.07, 6.45) is 2.82. The monoisotopic (exact) mass is 287 g/mol. The second-order valence-corrected chi connectivity index (χ2v) is 4.88. The van der Waals surface area contributed by atoms with E-state index < -0.39 is 28.9 Å². The van der Waals surface area contributed by atoms with Crippen LogP contribution in [0.4, 0.5) is 13.2 Å². The van der Waals surface area contributed by atoms with Crippen molar-refractivity contribution >= 4 is 5.91 Å². The minimum absolute atomic E-state index is 0.0747. The molecule has 1 amide bonds. The van der Waals surface area contributed by atoms with E-state index in [0.717, 1.165) is 31.4 Å². The predicted molar refractivity (Wildman–Crippen MR) is 66.7 cm³/mol. The van der Waals surface area contributed by atoms with Crippen LogP contribution in [0.15, 0.2) is 12.1 Å². The van der Waals surface area contributed by atoms with Crippen LogP contribution in [0.2, 0.25) is 0 Å². The van der Waals surface area contributed by atoms with Gasteiger partial charge in [0.05, 0.1) is 5.56 Å². The van der Waals surface area contributed by atoms with E-state index >= 15 is 0 Å². The SMILES string of the molecule is O=C(c1ccc(F)c(F)c1F)N1CCCCC1CCO. The van der Waals surface area contributed by atoms with Gasteiger partial charge in [-0.25, -0.2) is 13.2 Å². The summed E-state index contributed by atoms with van der Waals surface area (Å²) in [7, 11) is 0. The van der Waals surface area contributed by atoms with E-state index in [1.54, 1.807) is 0 Å². The highest BCUT2D eigenvalue weighted by atomic mass is 19.2. The van der Waals surface area contributed by atoms with Gasteiger partial charge in [0, 0.05) is 19.2 Å². The Bertz CT molecular complexity index is 505. The summed E-state index contributed by atoms with van der Waals surface area (Å²) in [6.45, 7) is 0.358. The smallest absolute Gasteiger partial charge is 0.257 e. The molecule has 2 rings (SSSR count). The van der Waals surface area contributed by atoms with Gasteiger partial charge in [-0.05, 0) is 37.8 Å². The van der Waals surface area contributed by atoms with Crippen molar-refractivity contribution in [2.75, 3.05) is 13.2 Å². The van der Waals surface area contributed by atoms with Crippen LogP contribution in [0.5, 0.6) is 0 Å². The number of aliphatic hydroxyl groups is 1. The zero-order valence-electron chi connectivity index (χ0n) is 10.9. The van der Waals surface area contributed by atoms with Crippen molar-refractivity contribution in [1.82, 2.24) is 4.90 Å². The fraction of sp³-hybridized carbons (Fsp3) is 0.500. The van der Waals surface area contributed by atoms with E-state index in [1.807, 2.05) is 0 Å². The number of amides is 1. The van der Waals surface area contributed by atoms with Crippen molar-refractivity contribution in [3.05, 3.63) is 35.1 Å². The Kier molecular flexibility index (Phi) is 4.65. The van der Waals surface area contributed by atoms with E-state index in [0.29, 0.717) is 13.0 Å². The highest BCUT2D eigenvalue weighted by molar-refractivity contribution is 5.94. The molecule has 0 aliphatic carbocycles. The lowest BCUT2D eigenvalue weighted by Crippen LogP contribution is -2.44. The molecule has 0 aromatic heterocycles. The lowest BCUT2D eigenvalue weighted by atomic mass is 9.98. The molecule has 0 radical (unpaired) electrons. The van der Waals surface area contributed by atoms with Gasteiger partial charge in [-0.2, -0.15) is 0 Å². The number of halogens is 3. The van der Waals surface area contributed by atoms with E-state index in [9.17, 15) is 18.0 Å². The Hall–Kier alpha value is -1.56. The summed E-state index contributed by atoms with van der Waals surface area (Å²) in [4.78, 5) is 13.7. The van der Waals surface area contributed by atoms with Crippen LogP contribution >= 0.6 is 0 Å². The Balaban J connectivity index is 2.27. The maximum atomic E-state index is 13.7. The minimum atomic E-state index is -1.63. The van der Waals surface area contributed by atoms with Gasteiger partial charge < -0.3 is 10.0 Å². The van der Waals surface area contributed by atoms with E-state index in [2.05, 4.69) is 0 Å². The molecule has 20 heavy (non-hydrogen) atoms. The molecule has 1 unspecified atom stereocenters. The normalized spacial score (nSPS) is 19.2. The number of piperidine rings is 1. The second kappa shape index (κ2) is 6.26. The summed E-state index contributed by atoms with van der Waals surface area (Å²) >= 11 is 0. The van der Waals surface area contributed by atoms with E-state index in [-0.39, 0.29) is 12.6 Å². The minimum Gasteiger partial charge on any atom is -0.396 e. The first-order valence-electron chi connectivity index (χ1n) is 6.61. The molecule has 1 atom stereocenters. The van der Waals surface area contributed by atoms with Crippen LogP contribution < -0.4 is 0 Å². The molecule has 6 heteroatoms. The number of hydrogen-bond donors (Lipinski definition) is 1. The van der Waals surface area contributed by atoms with Crippen molar-refractivity contribution in [1.29, 1.82) is 0 Å². The lowest BCUT2D eigenvalue weighted by molar-refractivity contribution is 0.0568. The van der Waals surface area contributed by atoms with E-state index in [1.165, 1.54) is 4.90 Å². The van der Waals surface area contributed by atoms with Crippen LogP contribution in [0.1, 0.15) is 36.0 Å². The number of aliphatic hydroxyl groups excluding tert-OH is 1. The lowest BCUT2D eigenvalue weighted by Gasteiger charge is -2.35. The van der Waals surface area contributed by atoms with Gasteiger partial charge in [0.15, 0.2) is 17.5 Å². The Morgan fingerprint density at radius 3 is 2.70 bits per heavy atom. The molecule has 1 saturated heterocycles. The first-order valence-corrected chi connectivity index (χ1v) is 6.61. The topological polar surface area (TPSA) is 40.5 Å². The highest BCUT2D eigenvalue weighted by Crippen LogP contribution is 2.24. The summed E-state index contributed by atoms with van der Waals surface area (Å²) in [5, 5.41) is 9.00. The molecule has 1 aliphatic heterocycles. The number of carbonyl (C=O) groups excluding carboxylic acids is 1. The fourth-order valence-corrected chi connectivity index (χ4v) is 2.56. The molecule has 0 saturated carbocycles.